The molecule has 0 fully saturated rings. The summed E-state index contributed by atoms with van der Waals surface area (Å²) in [4.78, 5) is 0. The third-order valence-electron chi connectivity index (χ3n) is 2.47. The third kappa shape index (κ3) is 5.34. The monoisotopic (exact) mass is 269 g/mol. The van der Waals surface area contributed by atoms with Crippen LogP contribution >= 0.6 is 11.6 Å². The Morgan fingerprint density at radius 1 is 1.47 bits per heavy atom. The van der Waals surface area contributed by atoms with Crippen molar-refractivity contribution >= 4 is 22.4 Å². The molecule has 0 spiro atoms. The maximum Gasteiger partial charge on any atom is 0.0684 e. The van der Waals surface area contributed by atoms with Crippen molar-refractivity contribution in [3.63, 3.8) is 0 Å². The van der Waals surface area contributed by atoms with E-state index in [1.807, 2.05) is 32.0 Å². The lowest BCUT2D eigenvalue weighted by atomic mass is 9.93. The van der Waals surface area contributed by atoms with E-state index in [2.05, 4.69) is 6.07 Å². The van der Waals surface area contributed by atoms with Crippen molar-refractivity contribution in [3.8, 4) is 6.07 Å². The Hall–Kier alpha value is -0.850. The van der Waals surface area contributed by atoms with Gasteiger partial charge < -0.3 is 0 Å². The number of nitrogens with zero attached hydrogens (tertiary/aromatic N) is 1. The van der Waals surface area contributed by atoms with Crippen LogP contribution in [0.5, 0.6) is 0 Å². The molecular weight excluding hydrogens is 254 g/mol. The Kier molecular flexibility index (Phi) is 5.17. The minimum atomic E-state index is -0.937. The average Bonchev–Trinajstić information content (AvgIpc) is 2.27. The number of benzene rings is 1. The van der Waals surface area contributed by atoms with E-state index in [9.17, 15) is 4.21 Å². The molecule has 0 aliphatic carbocycles. The molecule has 4 heteroatoms. The summed E-state index contributed by atoms with van der Waals surface area (Å²) in [5.74, 6) is 1.05. The van der Waals surface area contributed by atoms with Gasteiger partial charge in [0.15, 0.2) is 0 Å². The highest BCUT2D eigenvalue weighted by Gasteiger charge is 2.17. The lowest BCUT2D eigenvalue weighted by Gasteiger charge is -2.14. The second-order valence-electron chi connectivity index (χ2n) is 4.66. The van der Waals surface area contributed by atoms with Crippen LogP contribution in [0.2, 0.25) is 5.02 Å². The molecule has 1 unspecified atom stereocenters. The van der Waals surface area contributed by atoms with Crippen molar-refractivity contribution in [2.45, 2.75) is 26.0 Å². The third-order valence-corrected chi connectivity index (χ3v) is 4.02. The van der Waals surface area contributed by atoms with Gasteiger partial charge in [-0.1, -0.05) is 23.7 Å². The summed E-state index contributed by atoms with van der Waals surface area (Å²) in [6, 6.07) is 9.61. The maximum atomic E-state index is 11.8. The zero-order valence-corrected chi connectivity index (χ0v) is 11.6. The first-order valence-corrected chi connectivity index (χ1v) is 7.30. The van der Waals surface area contributed by atoms with E-state index in [1.54, 1.807) is 6.07 Å². The standard InChI is InChI=1S/C13H16ClNOS/c1-13(2,10-15)6-7-17(16)9-11-4-3-5-12(14)8-11/h3-5,8H,6-7,9H2,1-2H3. The fourth-order valence-electron chi connectivity index (χ4n) is 1.31. The van der Waals surface area contributed by atoms with Gasteiger partial charge in [0.2, 0.25) is 0 Å². The molecule has 1 rings (SSSR count). The first kappa shape index (κ1) is 14.2. The van der Waals surface area contributed by atoms with Crippen LogP contribution in [0.3, 0.4) is 0 Å². The Morgan fingerprint density at radius 2 is 2.18 bits per heavy atom. The molecule has 92 valence electrons. The van der Waals surface area contributed by atoms with Crippen LogP contribution in [0.15, 0.2) is 24.3 Å². The molecule has 0 saturated carbocycles. The first-order chi connectivity index (χ1) is 7.93. The van der Waals surface area contributed by atoms with Crippen molar-refractivity contribution < 1.29 is 4.21 Å². The second-order valence-corrected chi connectivity index (χ2v) is 6.68. The highest BCUT2D eigenvalue weighted by Crippen LogP contribution is 2.20. The highest BCUT2D eigenvalue weighted by atomic mass is 35.5. The summed E-state index contributed by atoms with van der Waals surface area (Å²) >= 11 is 5.86. The van der Waals surface area contributed by atoms with Gasteiger partial charge in [0.25, 0.3) is 0 Å². The predicted octanol–water partition coefficient (Wildman–Crippen LogP) is 3.53. The van der Waals surface area contributed by atoms with Crippen molar-refractivity contribution in [3.05, 3.63) is 34.9 Å². The molecular formula is C13H16ClNOS. The smallest absolute Gasteiger partial charge is 0.0684 e. The number of nitriles is 1. The van der Waals surface area contributed by atoms with Gasteiger partial charge in [-0.05, 0) is 38.0 Å². The van der Waals surface area contributed by atoms with Gasteiger partial charge in [0, 0.05) is 27.3 Å². The summed E-state index contributed by atoms with van der Waals surface area (Å²) < 4.78 is 11.8. The molecule has 0 amide bonds. The molecule has 0 aliphatic rings. The summed E-state index contributed by atoms with van der Waals surface area (Å²) in [7, 11) is -0.937. The molecule has 0 heterocycles. The van der Waals surface area contributed by atoms with Crippen molar-refractivity contribution in [1.29, 1.82) is 5.26 Å². The molecule has 1 atom stereocenters. The molecule has 0 aromatic heterocycles. The van der Waals surface area contributed by atoms with Crippen LogP contribution in [0.4, 0.5) is 0 Å². The number of rotatable bonds is 5. The summed E-state index contributed by atoms with van der Waals surface area (Å²) in [6.07, 6.45) is 0.649. The van der Waals surface area contributed by atoms with E-state index in [4.69, 9.17) is 16.9 Å². The summed E-state index contributed by atoms with van der Waals surface area (Å²) in [5, 5.41) is 9.53. The van der Waals surface area contributed by atoms with Crippen molar-refractivity contribution in [2.24, 2.45) is 5.41 Å². The molecule has 0 saturated heterocycles. The first-order valence-electron chi connectivity index (χ1n) is 5.44. The topological polar surface area (TPSA) is 40.9 Å². The van der Waals surface area contributed by atoms with E-state index < -0.39 is 16.2 Å². The van der Waals surface area contributed by atoms with E-state index >= 15 is 0 Å². The van der Waals surface area contributed by atoms with Gasteiger partial charge in [-0.25, -0.2) is 0 Å². The fraction of sp³-hybridized carbons (Fsp3) is 0.462. The zero-order valence-electron chi connectivity index (χ0n) is 10.1. The zero-order chi connectivity index (χ0) is 12.9. The Bertz CT molecular complexity index is 451. The quantitative estimate of drug-likeness (QED) is 0.820. The SMILES string of the molecule is CC(C)(C#N)CCS(=O)Cc1cccc(Cl)c1. The molecule has 0 aliphatic heterocycles. The maximum absolute atomic E-state index is 11.8. The Morgan fingerprint density at radius 3 is 2.76 bits per heavy atom. The van der Waals surface area contributed by atoms with Crippen LogP contribution in [-0.2, 0) is 16.6 Å². The van der Waals surface area contributed by atoms with Gasteiger partial charge in [-0.2, -0.15) is 5.26 Å². The lowest BCUT2D eigenvalue weighted by Crippen LogP contribution is -2.13. The minimum absolute atomic E-state index is 0.399. The minimum Gasteiger partial charge on any atom is -0.259 e. The number of halogens is 1. The van der Waals surface area contributed by atoms with Crippen LogP contribution in [0.1, 0.15) is 25.8 Å². The summed E-state index contributed by atoms with van der Waals surface area (Å²) in [5.41, 5.74) is 0.579. The number of hydrogen-bond donors (Lipinski definition) is 0. The Balaban J connectivity index is 2.49. The fourth-order valence-corrected chi connectivity index (χ4v) is 2.96. The molecule has 17 heavy (non-hydrogen) atoms. The van der Waals surface area contributed by atoms with E-state index in [-0.39, 0.29) is 0 Å². The number of hydrogen-bond acceptors (Lipinski definition) is 2. The van der Waals surface area contributed by atoms with E-state index in [0.717, 1.165) is 5.56 Å². The van der Waals surface area contributed by atoms with Crippen molar-refractivity contribution in [2.75, 3.05) is 5.75 Å². The molecule has 2 nitrogen and oxygen atoms in total. The van der Waals surface area contributed by atoms with E-state index in [0.29, 0.717) is 22.9 Å². The average molecular weight is 270 g/mol. The molecule has 0 N–H and O–H groups in total. The normalized spacial score (nSPS) is 13.1. The van der Waals surface area contributed by atoms with Gasteiger partial charge in [0.05, 0.1) is 11.5 Å². The van der Waals surface area contributed by atoms with Gasteiger partial charge in [0.1, 0.15) is 0 Å². The summed E-state index contributed by atoms with van der Waals surface area (Å²) in [6.45, 7) is 3.73. The van der Waals surface area contributed by atoms with Crippen LogP contribution in [0.25, 0.3) is 0 Å². The van der Waals surface area contributed by atoms with Crippen LogP contribution < -0.4 is 0 Å². The molecule has 0 radical (unpaired) electrons. The Labute approximate surface area is 110 Å². The molecule has 0 bridgehead atoms. The van der Waals surface area contributed by atoms with Gasteiger partial charge in [-0.15, -0.1) is 0 Å². The second kappa shape index (κ2) is 6.18. The highest BCUT2D eigenvalue weighted by molar-refractivity contribution is 7.84. The van der Waals surface area contributed by atoms with Crippen LogP contribution in [0, 0.1) is 16.7 Å². The van der Waals surface area contributed by atoms with E-state index in [1.165, 1.54) is 0 Å². The molecule has 1 aromatic rings. The van der Waals surface area contributed by atoms with Gasteiger partial charge >= 0.3 is 0 Å². The van der Waals surface area contributed by atoms with Crippen LogP contribution in [-0.4, -0.2) is 9.96 Å². The molecule has 1 aromatic carbocycles. The largest absolute Gasteiger partial charge is 0.259 e. The van der Waals surface area contributed by atoms with Gasteiger partial charge in [-0.3, -0.25) is 4.21 Å². The van der Waals surface area contributed by atoms with Crippen molar-refractivity contribution in [1.82, 2.24) is 0 Å². The predicted molar refractivity (Wildman–Crippen MR) is 72.2 cm³/mol. The lowest BCUT2D eigenvalue weighted by molar-refractivity contribution is 0.479.